The zero-order chi connectivity index (χ0) is 14.5. The lowest BCUT2D eigenvalue weighted by atomic mass is 9.96. The third kappa shape index (κ3) is 3.99. The van der Waals surface area contributed by atoms with Crippen LogP contribution in [0.2, 0.25) is 10.0 Å². The lowest BCUT2D eigenvalue weighted by molar-refractivity contribution is 0.555. The molecule has 0 amide bonds. The highest BCUT2D eigenvalue weighted by atomic mass is 35.5. The van der Waals surface area contributed by atoms with Gasteiger partial charge in [0.1, 0.15) is 0 Å². The van der Waals surface area contributed by atoms with Crippen LogP contribution in [-0.2, 0) is 12.8 Å². The summed E-state index contributed by atoms with van der Waals surface area (Å²) in [5.74, 6) is 0. The molecule has 2 aromatic carbocycles. The van der Waals surface area contributed by atoms with E-state index in [-0.39, 0.29) is 0 Å². The summed E-state index contributed by atoms with van der Waals surface area (Å²) in [6.07, 6.45) is 1.94. The lowest BCUT2D eigenvalue weighted by Crippen LogP contribution is -2.30. The van der Waals surface area contributed by atoms with Gasteiger partial charge in [-0.15, -0.1) is 0 Å². The summed E-state index contributed by atoms with van der Waals surface area (Å²) in [6, 6.07) is 14.7. The Morgan fingerprint density at radius 1 is 1.00 bits per heavy atom. The van der Waals surface area contributed by atoms with Crippen molar-refractivity contribution in [3.05, 3.63) is 69.2 Å². The molecule has 0 bridgehead atoms. The Kier molecular flexibility index (Phi) is 5.47. The van der Waals surface area contributed by atoms with E-state index in [2.05, 4.69) is 36.5 Å². The predicted molar refractivity (Wildman–Crippen MR) is 87.9 cm³/mol. The van der Waals surface area contributed by atoms with Crippen molar-refractivity contribution in [3.63, 3.8) is 0 Å². The molecular weight excluding hydrogens is 289 g/mol. The smallest absolute Gasteiger partial charge is 0.0595 e. The maximum atomic E-state index is 6.07. The molecule has 106 valence electrons. The summed E-state index contributed by atoms with van der Waals surface area (Å²) < 4.78 is 0. The van der Waals surface area contributed by atoms with Crippen LogP contribution in [0.3, 0.4) is 0 Å². The highest BCUT2D eigenvalue weighted by molar-refractivity contribution is 6.42. The van der Waals surface area contributed by atoms with Crippen LogP contribution in [0.1, 0.15) is 16.7 Å². The number of benzene rings is 2. The lowest BCUT2D eigenvalue weighted by Gasteiger charge is -2.18. The number of nitrogens with one attached hydrogen (secondary N) is 1. The molecule has 1 atom stereocenters. The fourth-order valence-electron chi connectivity index (χ4n) is 2.33. The Morgan fingerprint density at radius 2 is 1.75 bits per heavy atom. The molecule has 0 aliphatic heterocycles. The molecule has 0 aliphatic carbocycles. The van der Waals surface area contributed by atoms with Crippen molar-refractivity contribution in [2.24, 2.45) is 0 Å². The fraction of sp³-hybridized carbons (Fsp3) is 0.294. The van der Waals surface area contributed by atoms with Crippen molar-refractivity contribution in [2.45, 2.75) is 25.8 Å². The van der Waals surface area contributed by atoms with Crippen LogP contribution >= 0.6 is 23.2 Å². The first kappa shape index (κ1) is 15.4. The minimum atomic E-state index is 0.383. The van der Waals surface area contributed by atoms with Gasteiger partial charge in [0, 0.05) is 6.04 Å². The van der Waals surface area contributed by atoms with E-state index in [1.807, 2.05) is 25.2 Å². The van der Waals surface area contributed by atoms with Gasteiger partial charge in [-0.2, -0.15) is 0 Å². The zero-order valence-electron chi connectivity index (χ0n) is 11.8. The molecule has 20 heavy (non-hydrogen) atoms. The topological polar surface area (TPSA) is 12.0 Å². The van der Waals surface area contributed by atoms with Gasteiger partial charge in [0.05, 0.1) is 10.0 Å². The molecule has 0 radical (unpaired) electrons. The summed E-state index contributed by atoms with van der Waals surface area (Å²) in [5, 5.41) is 4.61. The predicted octanol–water partition coefficient (Wildman–Crippen LogP) is 4.68. The Morgan fingerprint density at radius 3 is 2.40 bits per heavy atom. The van der Waals surface area contributed by atoms with Gasteiger partial charge in [-0.25, -0.2) is 0 Å². The summed E-state index contributed by atoms with van der Waals surface area (Å²) in [7, 11) is 2.00. The Balaban J connectivity index is 2.09. The quantitative estimate of drug-likeness (QED) is 0.846. The van der Waals surface area contributed by atoms with E-state index in [0.29, 0.717) is 16.1 Å². The van der Waals surface area contributed by atoms with Crippen LogP contribution in [0.15, 0.2) is 42.5 Å². The van der Waals surface area contributed by atoms with E-state index in [1.54, 1.807) is 0 Å². The van der Waals surface area contributed by atoms with Crippen molar-refractivity contribution in [3.8, 4) is 0 Å². The molecular formula is C17H19Cl2N. The van der Waals surface area contributed by atoms with Gasteiger partial charge in [0.2, 0.25) is 0 Å². The average molecular weight is 308 g/mol. The van der Waals surface area contributed by atoms with Crippen LogP contribution in [0.4, 0.5) is 0 Å². The first-order valence-electron chi connectivity index (χ1n) is 6.76. The highest BCUT2D eigenvalue weighted by Gasteiger charge is 2.10. The van der Waals surface area contributed by atoms with E-state index in [4.69, 9.17) is 23.2 Å². The standard InChI is InChI=1S/C17H19Cl2N/c1-12-5-3-4-6-14(12)11-15(20-2)9-13-7-8-16(18)17(19)10-13/h3-8,10,15,20H,9,11H2,1-2H3. The van der Waals surface area contributed by atoms with E-state index < -0.39 is 0 Å². The molecule has 0 saturated heterocycles. The van der Waals surface area contributed by atoms with E-state index in [0.717, 1.165) is 12.8 Å². The third-order valence-electron chi connectivity index (χ3n) is 3.60. The minimum absolute atomic E-state index is 0.383. The molecule has 0 aliphatic rings. The monoisotopic (exact) mass is 307 g/mol. The second-order valence-electron chi connectivity index (χ2n) is 5.07. The Labute approximate surface area is 130 Å². The van der Waals surface area contributed by atoms with Gasteiger partial charge >= 0.3 is 0 Å². The van der Waals surface area contributed by atoms with Crippen molar-refractivity contribution in [2.75, 3.05) is 7.05 Å². The Bertz CT molecular complexity index is 581. The molecule has 1 N–H and O–H groups in total. The molecule has 0 aromatic heterocycles. The number of rotatable bonds is 5. The Hall–Kier alpha value is -1.02. The highest BCUT2D eigenvalue weighted by Crippen LogP contribution is 2.23. The van der Waals surface area contributed by atoms with Gasteiger partial charge in [-0.3, -0.25) is 0 Å². The van der Waals surface area contributed by atoms with E-state index >= 15 is 0 Å². The maximum Gasteiger partial charge on any atom is 0.0595 e. The number of hydrogen-bond acceptors (Lipinski definition) is 1. The number of likely N-dealkylation sites (N-methyl/N-ethyl adjacent to an activating group) is 1. The summed E-state index contributed by atoms with van der Waals surface area (Å²) in [4.78, 5) is 0. The molecule has 3 heteroatoms. The molecule has 0 heterocycles. The van der Waals surface area contributed by atoms with Gasteiger partial charge in [-0.1, -0.05) is 53.5 Å². The summed E-state index contributed by atoms with van der Waals surface area (Å²) in [5.41, 5.74) is 3.92. The van der Waals surface area contributed by atoms with Crippen LogP contribution < -0.4 is 5.32 Å². The average Bonchev–Trinajstić information content (AvgIpc) is 2.44. The van der Waals surface area contributed by atoms with Crippen molar-refractivity contribution in [1.82, 2.24) is 5.32 Å². The van der Waals surface area contributed by atoms with Gasteiger partial charge in [-0.05, 0) is 55.6 Å². The summed E-state index contributed by atoms with van der Waals surface area (Å²) in [6.45, 7) is 2.15. The van der Waals surface area contributed by atoms with E-state index in [1.165, 1.54) is 16.7 Å². The molecule has 0 saturated carbocycles. The molecule has 1 unspecified atom stereocenters. The van der Waals surface area contributed by atoms with Crippen molar-refractivity contribution >= 4 is 23.2 Å². The maximum absolute atomic E-state index is 6.07. The molecule has 1 nitrogen and oxygen atoms in total. The normalized spacial score (nSPS) is 12.4. The summed E-state index contributed by atoms with van der Waals surface area (Å²) >= 11 is 12.0. The third-order valence-corrected chi connectivity index (χ3v) is 4.34. The second-order valence-corrected chi connectivity index (χ2v) is 5.88. The molecule has 0 spiro atoms. The number of hydrogen-bond donors (Lipinski definition) is 1. The second kappa shape index (κ2) is 7.12. The fourth-order valence-corrected chi connectivity index (χ4v) is 2.65. The molecule has 0 fully saturated rings. The van der Waals surface area contributed by atoms with Gasteiger partial charge in [0.25, 0.3) is 0 Å². The first-order chi connectivity index (χ1) is 9.60. The van der Waals surface area contributed by atoms with E-state index in [9.17, 15) is 0 Å². The van der Waals surface area contributed by atoms with Gasteiger partial charge in [0.15, 0.2) is 0 Å². The zero-order valence-corrected chi connectivity index (χ0v) is 13.3. The number of halogens is 2. The van der Waals surface area contributed by atoms with Crippen LogP contribution in [0.5, 0.6) is 0 Å². The minimum Gasteiger partial charge on any atom is -0.316 e. The first-order valence-corrected chi connectivity index (χ1v) is 7.51. The number of aryl methyl sites for hydroxylation is 1. The van der Waals surface area contributed by atoms with Crippen LogP contribution in [-0.4, -0.2) is 13.1 Å². The van der Waals surface area contributed by atoms with Gasteiger partial charge < -0.3 is 5.32 Å². The van der Waals surface area contributed by atoms with Crippen LogP contribution in [0.25, 0.3) is 0 Å². The molecule has 2 rings (SSSR count). The SMILES string of the molecule is CNC(Cc1ccc(Cl)c(Cl)c1)Cc1ccccc1C. The molecule has 2 aromatic rings. The van der Waals surface area contributed by atoms with Crippen LogP contribution in [0, 0.1) is 6.92 Å². The van der Waals surface area contributed by atoms with Crippen molar-refractivity contribution in [1.29, 1.82) is 0 Å². The largest absolute Gasteiger partial charge is 0.316 e. The van der Waals surface area contributed by atoms with Crippen molar-refractivity contribution < 1.29 is 0 Å².